The molecule has 1 heterocycles. The molecule has 0 saturated carbocycles. The van der Waals surface area contributed by atoms with Crippen molar-refractivity contribution in [2.75, 3.05) is 32.5 Å². The van der Waals surface area contributed by atoms with Gasteiger partial charge in [-0.1, -0.05) is 12.1 Å². The maximum absolute atomic E-state index is 12.4. The van der Waals surface area contributed by atoms with E-state index < -0.39 is 0 Å². The van der Waals surface area contributed by atoms with Crippen LogP contribution in [0.5, 0.6) is 0 Å². The van der Waals surface area contributed by atoms with E-state index in [2.05, 4.69) is 5.32 Å². The number of nitrogens with one attached hydrogen (secondary N) is 1. The number of hydrogen-bond acceptors (Lipinski definition) is 3. The molecule has 0 aromatic heterocycles. The molecule has 3 amide bonds. The zero-order valence-corrected chi connectivity index (χ0v) is 14.5. The second kappa shape index (κ2) is 7.95. The Morgan fingerprint density at radius 2 is 1.71 bits per heavy atom. The fourth-order valence-corrected chi connectivity index (χ4v) is 2.94. The number of carbonyl (C=O) groups excluding carboxylic acids is 3. The summed E-state index contributed by atoms with van der Waals surface area (Å²) in [6.07, 6.45) is 1.79. The smallest absolute Gasteiger partial charge is 0.226 e. The Bertz CT molecular complexity index is 602. The lowest BCUT2D eigenvalue weighted by atomic mass is 9.95. The molecule has 0 spiro atoms. The third kappa shape index (κ3) is 4.81. The molecule has 6 nitrogen and oxygen atoms in total. The molecule has 1 aromatic rings. The minimum atomic E-state index is -0.117. The van der Waals surface area contributed by atoms with Crippen molar-refractivity contribution in [3.05, 3.63) is 29.8 Å². The highest BCUT2D eigenvalue weighted by atomic mass is 16.2. The summed E-state index contributed by atoms with van der Waals surface area (Å²) in [6.45, 7) is 2.72. The molecular weight excluding hydrogens is 306 g/mol. The number of piperidine rings is 1. The van der Waals surface area contributed by atoms with Crippen LogP contribution in [0, 0.1) is 5.92 Å². The second-order valence-electron chi connectivity index (χ2n) is 6.44. The molecule has 130 valence electrons. The maximum atomic E-state index is 12.4. The monoisotopic (exact) mass is 331 g/mol. The lowest BCUT2D eigenvalue weighted by molar-refractivity contribution is -0.138. The Kier molecular flexibility index (Phi) is 5.95. The number of nitrogens with zero attached hydrogens (tertiary/aromatic N) is 2. The van der Waals surface area contributed by atoms with Gasteiger partial charge in [0.05, 0.1) is 6.42 Å². The Morgan fingerprint density at radius 1 is 1.12 bits per heavy atom. The van der Waals surface area contributed by atoms with Crippen LogP contribution in [0.3, 0.4) is 0 Å². The zero-order valence-electron chi connectivity index (χ0n) is 14.5. The Hall–Kier alpha value is -2.37. The highest BCUT2D eigenvalue weighted by Gasteiger charge is 2.28. The minimum absolute atomic E-state index is 0.0287. The van der Waals surface area contributed by atoms with Crippen LogP contribution in [0.2, 0.25) is 0 Å². The van der Waals surface area contributed by atoms with E-state index in [0.29, 0.717) is 19.5 Å². The first-order chi connectivity index (χ1) is 11.4. The van der Waals surface area contributed by atoms with Gasteiger partial charge in [-0.2, -0.15) is 0 Å². The molecule has 1 aliphatic rings. The van der Waals surface area contributed by atoms with Crippen LogP contribution in [0.4, 0.5) is 5.69 Å². The van der Waals surface area contributed by atoms with Crippen LogP contribution in [0.25, 0.3) is 0 Å². The van der Waals surface area contributed by atoms with Gasteiger partial charge in [-0.15, -0.1) is 0 Å². The van der Waals surface area contributed by atoms with Crippen molar-refractivity contribution >= 4 is 23.4 Å². The van der Waals surface area contributed by atoms with Gasteiger partial charge in [0, 0.05) is 45.7 Å². The van der Waals surface area contributed by atoms with Crippen molar-refractivity contribution in [2.24, 2.45) is 5.92 Å². The van der Waals surface area contributed by atoms with Gasteiger partial charge in [-0.05, 0) is 30.5 Å². The summed E-state index contributed by atoms with van der Waals surface area (Å²) >= 11 is 0. The van der Waals surface area contributed by atoms with E-state index in [1.54, 1.807) is 31.1 Å². The second-order valence-corrected chi connectivity index (χ2v) is 6.44. The van der Waals surface area contributed by atoms with Gasteiger partial charge in [0.25, 0.3) is 0 Å². The first-order valence-corrected chi connectivity index (χ1v) is 8.22. The fraction of sp³-hybridized carbons (Fsp3) is 0.500. The lowest BCUT2D eigenvalue weighted by Crippen LogP contribution is -2.43. The van der Waals surface area contributed by atoms with Gasteiger partial charge in [-0.25, -0.2) is 0 Å². The minimum Gasteiger partial charge on any atom is -0.349 e. The molecule has 0 bridgehead atoms. The number of hydrogen-bond donors (Lipinski definition) is 1. The molecule has 0 aliphatic carbocycles. The SMILES string of the molecule is CC(=O)Nc1ccc(CC(=O)N2CCC(C(=O)N(C)C)CC2)cc1. The number of rotatable bonds is 4. The topological polar surface area (TPSA) is 69.7 Å². The van der Waals surface area contributed by atoms with Crippen molar-refractivity contribution in [3.63, 3.8) is 0 Å². The lowest BCUT2D eigenvalue weighted by Gasteiger charge is -2.32. The average Bonchev–Trinajstić information content (AvgIpc) is 2.55. The van der Waals surface area contributed by atoms with Crippen LogP contribution in [0.15, 0.2) is 24.3 Å². The van der Waals surface area contributed by atoms with Crippen LogP contribution < -0.4 is 5.32 Å². The van der Waals surface area contributed by atoms with Crippen LogP contribution in [-0.2, 0) is 20.8 Å². The molecule has 2 rings (SSSR count). The fourth-order valence-electron chi connectivity index (χ4n) is 2.94. The summed E-state index contributed by atoms with van der Waals surface area (Å²) in [5.41, 5.74) is 1.64. The van der Waals surface area contributed by atoms with E-state index in [4.69, 9.17) is 0 Å². The summed E-state index contributed by atoms with van der Waals surface area (Å²) < 4.78 is 0. The van der Waals surface area contributed by atoms with Gasteiger partial charge >= 0.3 is 0 Å². The van der Waals surface area contributed by atoms with Crippen LogP contribution >= 0.6 is 0 Å². The Labute approximate surface area is 142 Å². The van der Waals surface area contributed by atoms with Crippen molar-refractivity contribution < 1.29 is 14.4 Å². The molecule has 1 saturated heterocycles. The van der Waals surface area contributed by atoms with Gasteiger partial charge in [-0.3, -0.25) is 14.4 Å². The standard InChI is InChI=1S/C18H25N3O3/c1-13(22)19-16-6-4-14(5-7-16)12-17(23)21-10-8-15(9-11-21)18(24)20(2)3/h4-7,15H,8-12H2,1-3H3,(H,19,22). The molecule has 0 unspecified atom stereocenters. The van der Waals surface area contributed by atoms with Crippen molar-refractivity contribution in [1.29, 1.82) is 0 Å². The third-order valence-electron chi connectivity index (χ3n) is 4.27. The van der Waals surface area contributed by atoms with Crippen LogP contribution in [0.1, 0.15) is 25.3 Å². The number of amides is 3. The van der Waals surface area contributed by atoms with Crippen molar-refractivity contribution in [2.45, 2.75) is 26.2 Å². The van der Waals surface area contributed by atoms with E-state index >= 15 is 0 Å². The van der Waals surface area contributed by atoms with E-state index in [1.165, 1.54) is 6.92 Å². The number of anilines is 1. The molecule has 1 aliphatic heterocycles. The van der Waals surface area contributed by atoms with Gasteiger partial charge in [0.2, 0.25) is 17.7 Å². The molecule has 1 fully saturated rings. The molecule has 1 N–H and O–H groups in total. The largest absolute Gasteiger partial charge is 0.349 e. The van der Waals surface area contributed by atoms with Crippen molar-refractivity contribution in [3.8, 4) is 0 Å². The molecule has 24 heavy (non-hydrogen) atoms. The maximum Gasteiger partial charge on any atom is 0.226 e. The highest BCUT2D eigenvalue weighted by molar-refractivity contribution is 5.88. The first-order valence-electron chi connectivity index (χ1n) is 8.22. The first kappa shape index (κ1) is 18.0. The quantitative estimate of drug-likeness (QED) is 0.909. The highest BCUT2D eigenvalue weighted by Crippen LogP contribution is 2.20. The molecule has 1 aromatic carbocycles. The van der Waals surface area contributed by atoms with Gasteiger partial charge < -0.3 is 15.1 Å². The van der Waals surface area contributed by atoms with Gasteiger partial charge in [0.15, 0.2) is 0 Å². The van der Waals surface area contributed by atoms with E-state index in [1.807, 2.05) is 17.0 Å². The molecule has 0 radical (unpaired) electrons. The van der Waals surface area contributed by atoms with Crippen molar-refractivity contribution in [1.82, 2.24) is 9.80 Å². The normalized spacial score (nSPS) is 15.0. The predicted molar refractivity (Wildman–Crippen MR) is 92.4 cm³/mol. The number of carbonyl (C=O) groups is 3. The van der Waals surface area contributed by atoms with E-state index in [-0.39, 0.29) is 23.6 Å². The zero-order chi connectivity index (χ0) is 17.7. The third-order valence-corrected chi connectivity index (χ3v) is 4.27. The van der Waals surface area contributed by atoms with E-state index in [0.717, 1.165) is 24.1 Å². The average molecular weight is 331 g/mol. The Morgan fingerprint density at radius 3 is 2.21 bits per heavy atom. The summed E-state index contributed by atoms with van der Waals surface area (Å²) in [6, 6.07) is 7.30. The van der Waals surface area contributed by atoms with Gasteiger partial charge in [0.1, 0.15) is 0 Å². The molecular formula is C18H25N3O3. The molecule has 0 atom stereocenters. The molecule has 6 heteroatoms. The number of likely N-dealkylation sites (tertiary alicyclic amines) is 1. The summed E-state index contributed by atoms with van der Waals surface area (Å²) in [5.74, 6) is 0.142. The summed E-state index contributed by atoms with van der Waals surface area (Å²) in [5, 5.41) is 2.70. The summed E-state index contributed by atoms with van der Waals surface area (Å²) in [4.78, 5) is 38.8. The van der Waals surface area contributed by atoms with Crippen LogP contribution in [-0.4, -0.2) is 54.7 Å². The predicted octanol–water partition coefficient (Wildman–Crippen LogP) is 1.51. The Balaban J connectivity index is 1.85. The van der Waals surface area contributed by atoms with E-state index in [9.17, 15) is 14.4 Å². The number of benzene rings is 1. The summed E-state index contributed by atoms with van der Waals surface area (Å²) in [7, 11) is 3.54.